The molecular formula is C14H19N5. The maximum absolute atomic E-state index is 5.72. The number of pyridine rings is 1. The Morgan fingerprint density at radius 2 is 1.89 bits per heavy atom. The first kappa shape index (κ1) is 13.4. The quantitative estimate of drug-likeness (QED) is 0.885. The monoisotopic (exact) mass is 257 g/mol. The average molecular weight is 257 g/mol. The van der Waals surface area contributed by atoms with Gasteiger partial charge in [-0.3, -0.25) is 4.98 Å². The Kier molecular flexibility index (Phi) is 4.41. The van der Waals surface area contributed by atoms with Crippen molar-refractivity contribution in [1.29, 1.82) is 0 Å². The van der Waals surface area contributed by atoms with E-state index in [2.05, 4.69) is 33.7 Å². The van der Waals surface area contributed by atoms with E-state index >= 15 is 0 Å². The van der Waals surface area contributed by atoms with Crippen molar-refractivity contribution in [3.8, 4) is 11.4 Å². The second kappa shape index (κ2) is 6.24. The van der Waals surface area contributed by atoms with Gasteiger partial charge in [0, 0.05) is 25.8 Å². The molecule has 0 spiro atoms. The zero-order chi connectivity index (χ0) is 13.7. The molecule has 0 aliphatic carbocycles. The zero-order valence-electron chi connectivity index (χ0n) is 11.4. The highest BCUT2D eigenvalue weighted by molar-refractivity contribution is 5.56. The van der Waals surface area contributed by atoms with Gasteiger partial charge in [0.05, 0.1) is 17.1 Å². The fourth-order valence-corrected chi connectivity index (χ4v) is 1.88. The van der Waals surface area contributed by atoms with Crippen molar-refractivity contribution in [3.63, 3.8) is 0 Å². The highest BCUT2D eigenvalue weighted by Gasteiger charge is 2.10. The van der Waals surface area contributed by atoms with E-state index in [1.165, 1.54) is 0 Å². The molecule has 100 valence electrons. The predicted molar refractivity (Wildman–Crippen MR) is 76.7 cm³/mol. The lowest BCUT2D eigenvalue weighted by molar-refractivity contribution is 0.808. The van der Waals surface area contributed by atoms with Gasteiger partial charge in [0.2, 0.25) is 5.95 Å². The summed E-state index contributed by atoms with van der Waals surface area (Å²) in [5.41, 5.74) is 8.21. The molecule has 0 radical (unpaired) electrons. The first-order valence-corrected chi connectivity index (χ1v) is 6.52. The van der Waals surface area contributed by atoms with Crippen LogP contribution in [0.5, 0.6) is 0 Å². The smallest absolute Gasteiger partial charge is 0.226 e. The lowest BCUT2D eigenvalue weighted by Gasteiger charge is -2.19. The molecule has 2 aromatic rings. The van der Waals surface area contributed by atoms with E-state index in [1.807, 2.05) is 24.3 Å². The van der Waals surface area contributed by atoms with Crippen LogP contribution in [0, 0.1) is 0 Å². The zero-order valence-corrected chi connectivity index (χ0v) is 11.4. The highest BCUT2D eigenvalue weighted by Crippen LogP contribution is 2.18. The van der Waals surface area contributed by atoms with Gasteiger partial charge >= 0.3 is 0 Å². The van der Waals surface area contributed by atoms with Gasteiger partial charge in [0.15, 0.2) is 0 Å². The molecule has 19 heavy (non-hydrogen) atoms. The maximum Gasteiger partial charge on any atom is 0.226 e. The highest BCUT2D eigenvalue weighted by atomic mass is 15.2. The molecule has 0 aliphatic rings. The van der Waals surface area contributed by atoms with Crippen LogP contribution in [-0.2, 0) is 6.54 Å². The van der Waals surface area contributed by atoms with Gasteiger partial charge < -0.3 is 10.6 Å². The van der Waals surface area contributed by atoms with Gasteiger partial charge in [0.1, 0.15) is 0 Å². The summed E-state index contributed by atoms with van der Waals surface area (Å²) < 4.78 is 0. The van der Waals surface area contributed by atoms with Gasteiger partial charge in [-0.1, -0.05) is 6.07 Å². The van der Waals surface area contributed by atoms with Crippen molar-refractivity contribution in [2.24, 2.45) is 5.73 Å². The molecular weight excluding hydrogens is 238 g/mol. The van der Waals surface area contributed by atoms with E-state index in [0.29, 0.717) is 12.5 Å². The van der Waals surface area contributed by atoms with Gasteiger partial charge in [-0.2, -0.15) is 0 Å². The third-order valence-corrected chi connectivity index (χ3v) is 2.95. The van der Waals surface area contributed by atoms with Crippen molar-refractivity contribution >= 4 is 5.95 Å². The van der Waals surface area contributed by atoms with E-state index in [0.717, 1.165) is 30.2 Å². The number of nitrogens with two attached hydrogens (primary N) is 1. The fourth-order valence-electron chi connectivity index (χ4n) is 1.88. The lowest BCUT2D eigenvalue weighted by Crippen LogP contribution is -2.25. The minimum Gasteiger partial charge on any atom is -0.341 e. The molecule has 2 aromatic heterocycles. The predicted octanol–water partition coefficient (Wildman–Crippen LogP) is 1.84. The summed E-state index contributed by atoms with van der Waals surface area (Å²) >= 11 is 0. The summed E-state index contributed by atoms with van der Waals surface area (Å²) in [6.07, 6.45) is 1.76. The fraction of sp³-hybridized carbons (Fsp3) is 0.357. The summed E-state index contributed by atoms with van der Waals surface area (Å²) in [6.45, 7) is 6.31. The Morgan fingerprint density at radius 3 is 2.47 bits per heavy atom. The molecule has 0 unspecified atom stereocenters. The molecule has 0 saturated carbocycles. The number of rotatable bonds is 5. The number of aromatic nitrogens is 3. The van der Waals surface area contributed by atoms with Crippen molar-refractivity contribution in [2.75, 3.05) is 18.0 Å². The third kappa shape index (κ3) is 3.06. The van der Waals surface area contributed by atoms with Crippen LogP contribution >= 0.6 is 0 Å². The van der Waals surface area contributed by atoms with Crippen molar-refractivity contribution in [2.45, 2.75) is 20.4 Å². The summed E-state index contributed by atoms with van der Waals surface area (Å²) in [4.78, 5) is 15.5. The van der Waals surface area contributed by atoms with Gasteiger partial charge in [0.25, 0.3) is 0 Å². The molecule has 0 aromatic carbocycles. The Balaban J connectivity index is 2.47. The Hall–Kier alpha value is -2.01. The minimum atomic E-state index is 0.399. The van der Waals surface area contributed by atoms with Gasteiger partial charge in [-0.25, -0.2) is 9.97 Å². The Labute approximate surface area is 113 Å². The molecule has 0 bridgehead atoms. The molecule has 0 atom stereocenters. The summed E-state index contributed by atoms with van der Waals surface area (Å²) in [5, 5.41) is 0. The summed E-state index contributed by atoms with van der Waals surface area (Å²) in [7, 11) is 0. The molecule has 5 nitrogen and oxygen atoms in total. The van der Waals surface area contributed by atoms with E-state index < -0.39 is 0 Å². The first-order chi connectivity index (χ1) is 9.28. The first-order valence-electron chi connectivity index (χ1n) is 6.52. The molecule has 2 heterocycles. The van der Waals surface area contributed by atoms with Gasteiger partial charge in [-0.05, 0) is 32.0 Å². The molecule has 0 amide bonds. The molecule has 0 fully saturated rings. The largest absolute Gasteiger partial charge is 0.341 e. The molecule has 5 heteroatoms. The van der Waals surface area contributed by atoms with Crippen molar-refractivity contribution < 1.29 is 0 Å². The second-order valence-corrected chi connectivity index (χ2v) is 4.14. The molecule has 0 aliphatic heterocycles. The van der Waals surface area contributed by atoms with Crippen LogP contribution in [0.1, 0.15) is 19.5 Å². The third-order valence-electron chi connectivity index (χ3n) is 2.95. The van der Waals surface area contributed by atoms with Crippen LogP contribution < -0.4 is 10.6 Å². The van der Waals surface area contributed by atoms with E-state index in [1.54, 1.807) is 6.20 Å². The topological polar surface area (TPSA) is 67.9 Å². The van der Waals surface area contributed by atoms with E-state index in [4.69, 9.17) is 5.73 Å². The van der Waals surface area contributed by atoms with Crippen molar-refractivity contribution in [3.05, 3.63) is 36.2 Å². The van der Waals surface area contributed by atoms with Crippen molar-refractivity contribution in [1.82, 2.24) is 15.0 Å². The normalized spacial score (nSPS) is 10.5. The lowest BCUT2D eigenvalue weighted by atomic mass is 10.2. The SMILES string of the molecule is CCN(CC)c1nc(CN)cc(-c2ccccn2)n1. The van der Waals surface area contributed by atoms with Crippen LogP contribution in [0.3, 0.4) is 0 Å². The van der Waals surface area contributed by atoms with Crippen LogP contribution in [0.4, 0.5) is 5.95 Å². The Bertz CT molecular complexity index is 523. The maximum atomic E-state index is 5.72. The average Bonchev–Trinajstić information content (AvgIpc) is 2.49. The summed E-state index contributed by atoms with van der Waals surface area (Å²) in [5.74, 6) is 0.716. The van der Waals surface area contributed by atoms with Crippen LogP contribution in [0.25, 0.3) is 11.4 Å². The van der Waals surface area contributed by atoms with E-state index in [9.17, 15) is 0 Å². The van der Waals surface area contributed by atoms with Crippen LogP contribution in [-0.4, -0.2) is 28.0 Å². The number of anilines is 1. The molecule has 0 saturated heterocycles. The summed E-state index contributed by atoms with van der Waals surface area (Å²) in [6, 6.07) is 7.67. The van der Waals surface area contributed by atoms with Gasteiger partial charge in [-0.15, -0.1) is 0 Å². The standard InChI is InChI=1S/C14H19N5/c1-3-19(4-2)14-17-11(10-15)9-13(18-14)12-7-5-6-8-16-12/h5-9H,3-4,10,15H2,1-2H3. The van der Waals surface area contributed by atoms with Crippen LogP contribution in [0.2, 0.25) is 0 Å². The second-order valence-electron chi connectivity index (χ2n) is 4.14. The van der Waals surface area contributed by atoms with E-state index in [-0.39, 0.29) is 0 Å². The Morgan fingerprint density at radius 1 is 1.11 bits per heavy atom. The number of hydrogen-bond acceptors (Lipinski definition) is 5. The minimum absolute atomic E-state index is 0.399. The van der Waals surface area contributed by atoms with Crippen LogP contribution in [0.15, 0.2) is 30.5 Å². The molecule has 2 N–H and O–H groups in total. The number of nitrogens with zero attached hydrogens (tertiary/aromatic N) is 4. The number of hydrogen-bond donors (Lipinski definition) is 1. The molecule has 2 rings (SSSR count).